The molecule has 0 bridgehead atoms. The Kier molecular flexibility index (Phi) is 6.84. The molecule has 246 valence electrons. The third kappa shape index (κ3) is 4.81. The summed E-state index contributed by atoms with van der Waals surface area (Å²) in [6.07, 6.45) is 5.56. The van der Waals surface area contributed by atoms with Crippen LogP contribution in [0, 0.1) is 0 Å². The lowest BCUT2D eigenvalue weighted by atomic mass is 9.81. The van der Waals surface area contributed by atoms with E-state index in [2.05, 4.69) is 169 Å². The summed E-state index contributed by atoms with van der Waals surface area (Å²) in [4.78, 5) is 8.88. The van der Waals surface area contributed by atoms with Crippen molar-refractivity contribution in [2.24, 2.45) is 0 Å². The van der Waals surface area contributed by atoms with E-state index in [1.807, 2.05) is 30.7 Å². The molecule has 3 nitrogen and oxygen atoms in total. The van der Waals surface area contributed by atoms with E-state index in [0.29, 0.717) is 0 Å². The van der Waals surface area contributed by atoms with Crippen LogP contribution in [-0.2, 0) is 5.41 Å². The predicted molar refractivity (Wildman–Crippen MR) is 216 cm³/mol. The Labute approximate surface area is 303 Å². The smallest absolute Gasteiger partial charge is 0.0702 e. The van der Waals surface area contributed by atoms with E-state index in [1.165, 1.54) is 72.0 Å². The van der Waals surface area contributed by atoms with Gasteiger partial charge in [0.15, 0.2) is 0 Å². The van der Waals surface area contributed by atoms with Crippen LogP contribution in [0.15, 0.2) is 176 Å². The van der Waals surface area contributed by atoms with E-state index in [9.17, 15) is 0 Å². The topological polar surface area (TPSA) is 30.7 Å². The highest BCUT2D eigenvalue weighted by Crippen LogP contribution is 2.50. The molecule has 0 saturated carbocycles. The maximum absolute atomic E-state index is 4.76. The number of nitrogens with zero attached hydrogens (tertiary/aromatic N) is 3. The van der Waals surface area contributed by atoms with E-state index in [-0.39, 0.29) is 5.41 Å². The van der Waals surface area contributed by atoms with E-state index in [1.54, 1.807) is 0 Å². The molecule has 0 radical (unpaired) electrons. The third-order valence-corrected chi connectivity index (χ3v) is 11.0. The fourth-order valence-corrected chi connectivity index (χ4v) is 8.21. The molecule has 0 fully saturated rings. The molecule has 0 spiro atoms. The molecule has 1 aliphatic rings. The number of hydrogen-bond acceptors (Lipinski definition) is 2. The van der Waals surface area contributed by atoms with Gasteiger partial charge in [0.05, 0.1) is 16.7 Å². The highest BCUT2D eigenvalue weighted by Gasteiger charge is 2.36. The van der Waals surface area contributed by atoms with E-state index < -0.39 is 0 Å². The zero-order valence-corrected chi connectivity index (χ0v) is 29.1. The van der Waals surface area contributed by atoms with Gasteiger partial charge in [0.2, 0.25) is 0 Å². The minimum Gasteiger partial charge on any atom is -0.309 e. The fraction of sp³-hybridized carbons (Fsp3) is 0.0612. The average Bonchev–Trinajstić information content (AvgIpc) is 3.66. The lowest BCUT2D eigenvalue weighted by molar-refractivity contribution is 0.661. The van der Waals surface area contributed by atoms with Crippen molar-refractivity contribution in [2.75, 3.05) is 0 Å². The zero-order chi connectivity index (χ0) is 34.8. The lowest BCUT2D eigenvalue weighted by Gasteiger charge is -2.22. The molecule has 10 rings (SSSR count). The molecule has 3 aromatic heterocycles. The van der Waals surface area contributed by atoms with Crippen LogP contribution in [0.2, 0.25) is 0 Å². The first-order valence-electron chi connectivity index (χ1n) is 17.9. The maximum atomic E-state index is 4.76. The number of hydrogen-bond donors (Lipinski definition) is 0. The minimum absolute atomic E-state index is 0.125. The normalized spacial score (nSPS) is 13.0. The summed E-state index contributed by atoms with van der Waals surface area (Å²) >= 11 is 0. The molecule has 0 unspecified atom stereocenters. The van der Waals surface area contributed by atoms with Gasteiger partial charge in [0.1, 0.15) is 0 Å². The first kappa shape index (κ1) is 30.3. The molecule has 6 aromatic carbocycles. The van der Waals surface area contributed by atoms with Gasteiger partial charge in [0.25, 0.3) is 0 Å². The fourth-order valence-electron chi connectivity index (χ4n) is 8.21. The van der Waals surface area contributed by atoms with Crippen LogP contribution in [0.3, 0.4) is 0 Å². The van der Waals surface area contributed by atoms with Crippen molar-refractivity contribution in [3.63, 3.8) is 0 Å². The van der Waals surface area contributed by atoms with Crippen LogP contribution in [0.5, 0.6) is 0 Å². The lowest BCUT2D eigenvalue weighted by Crippen LogP contribution is -2.15. The van der Waals surface area contributed by atoms with Crippen LogP contribution in [0.1, 0.15) is 25.0 Å². The van der Waals surface area contributed by atoms with Crippen molar-refractivity contribution >= 4 is 21.8 Å². The first-order valence-corrected chi connectivity index (χ1v) is 17.9. The number of aromatic nitrogens is 3. The molecule has 0 atom stereocenters. The highest BCUT2D eigenvalue weighted by atomic mass is 15.0. The summed E-state index contributed by atoms with van der Waals surface area (Å²) in [6.45, 7) is 4.72. The maximum Gasteiger partial charge on any atom is 0.0702 e. The van der Waals surface area contributed by atoms with E-state index in [0.717, 1.165) is 22.4 Å². The molecule has 3 heteroatoms. The van der Waals surface area contributed by atoms with Crippen LogP contribution < -0.4 is 0 Å². The second kappa shape index (κ2) is 11.8. The molecule has 0 amide bonds. The Hall–Kier alpha value is -6.58. The van der Waals surface area contributed by atoms with Gasteiger partial charge in [-0.15, -0.1) is 0 Å². The van der Waals surface area contributed by atoms with Gasteiger partial charge in [-0.25, -0.2) is 0 Å². The predicted octanol–water partition coefficient (Wildman–Crippen LogP) is 12.5. The molecular weight excluding hydrogens is 631 g/mol. The molecule has 0 saturated heterocycles. The Morgan fingerprint density at radius 2 is 0.923 bits per heavy atom. The Morgan fingerprint density at radius 3 is 1.48 bits per heavy atom. The molecule has 9 aromatic rings. The van der Waals surface area contributed by atoms with Gasteiger partial charge in [-0.2, -0.15) is 0 Å². The van der Waals surface area contributed by atoms with Gasteiger partial charge in [-0.3, -0.25) is 9.97 Å². The number of fused-ring (bicyclic) bond motifs is 6. The second-order valence-corrected chi connectivity index (χ2v) is 14.3. The first-order chi connectivity index (χ1) is 25.5. The van der Waals surface area contributed by atoms with Crippen molar-refractivity contribution in [3.8, 4) is 61.5 Å². The van der Waals surface area contributed by atoms with Crippen molar-refractivity contribution in [3.05, 3.63) is 187 Å². The molecule has 0 aliphatic heterocycles. The summed E-state index contributed by atoms with van der Waals surface area (Å²) in [7, 11) is 0. The van der Waals surface area contributed by atoms with Crippen LogP contribution in [-0.4, -0.2) is 14.5 Å². The quantitative estimate of drug-likeness (QED) is 0.183. The van der Waals surface area contributed by atoms with Gasteiger partial charge < -0.3 is 4.57 Å². The third-order valence-electron chi connectivity index (χ3n) is 11.0. The Bertz CT molecular complexity index is 2720. The largest absolute Gasteiger partial charge is 0.309 e. The molecular formula is C49H35N3. The van der Waals surface area contributed by atoms with E-state index in [4.69, 9.17) is 4.98 Å². The highest BCUT2D eigenvalue weighted by molar-refractivity contribution is 6.09. The van der Waals surface area contributed by atoms with E-state index >= 15 is 0 Å². The zero-order valence-electron chi connectivity index (χ0n) is 29.1. The van der Waals surface area contributed by atoms with Gasteiger partial charge >= 0.3 is 0 Å². The Balaban J connectivity index is 0.929. The molecule has 1 aliphatic carbocycles. The van der Waals surface area contributed by atoms with Crippen LogP contribution in [0.25, 0.3) is 83.3 Å². The number of benzene rings is 6. The summed E-state index contributed by atoms with van der Waals surface area (Å²) in [5, 5.41) is 2.56. The average molecular weight is 666 g/mol. The van der Waals surface area contributed by atoms with Gasteiger partial charge in [-0.1, -0.05) is 117 Å². The SMILES string of the molecule is CC1(C)c2cc(-c3ccc(-c4ccc(-c5ccncc5)cn4)cc3)ccc2-c2ccc(-c3ccc(-n4c5ccccc5c5ccccc54)cc3)cc21. The standard InChI is InChI=1S/C49H35N3/c1-49(2)44-29-36(32-11-13-35(14-12-32)46-24-19-38(31-51-46)34-25-27-50-28-26-34)17-22-40(44)41-23-18-37(30-45(41)49)33-15-20-39(21-16-33)52-47-9-5-3-7-42(47)43-8-4-6-10-48(43)52/h3-31H,1-2H3. The molecule has 0 N–H and O–H groups in total. The summed E-state index contributed by atoms with van der Waals surface area (Å²) in [5.74, 6) is 0. The summed E-state index contributed by atoms with van der Waals surface area (Å²) in [5.41, 5.74) is 18.1. The van der Waals surface area contributed by atoms with Crippen molar-refractivity contribution in [2.45, 2.75) is 19.3 Å². The number of pyridine rings is 2. The number of rotatable bonds is 5. The minimum atomic E-state index is -0.125. The molecule has 52 heavy (non-hydrogen) atoms. The second-order valence-electron chi connectivity index (χ2n) is 14.3. The summed E-state index contributed by atoms with van der Waals surface area (Å²) in [6, 6.07) is 57.4. The monoisotopic (exact) mass is 665 g/mol. The molecule has 3 heterocycles. The number of para-hydroxylation sites is 2. The van der Waals surface area contributed by atoms with Crippen LogP contribution >= 0.6 is 0 Å². The van der Waals surface area contributed by atoms with Gasteiger partial charge in [-0.05, 0) is 105 Å². The van der Waals surface area contributed by atoms with Crippen molar-refractivity contribution in [1.29, 1.82) is 0 Å². The van der Waals surface area contributed by atoms with Crippen molar-refractivity contribution in [1.82, 2.24) is 14.5 Å². The summed E-state index contributed by atoms with van der Waals surface area (Å²) < 4.78 is 2.38. The van der Waals surface area contributed by atoms with Crippen molar-refractivity contribution < 1.29 is 0 Å². The Morgan fingerprint density at radius 1 is 0.442 bits per heavy atom. The van der Waals surface area contributed by atoms with Crippen LogP contribution in [0.4, 0.5) is 0 Å². The van der Waals surface area contributed by atoms with Gasteiger partial charge in [0, 0.05) is 51.6 Å².